The van der Waals surface area contributed by atoms with E-state index < -0.39 is 35.8 Å². The first kappa shape index (κ1) is 19.7. The molecular formula is C16H18F3NO4. The lowest BCUT2D eigenvalue weighted by molar-refractivity contribution is -0.146. The molecule has 0 aliphatic carbocycles. The largest absolute Gasteiger partial charge is 0.467 e. The van der Waals surface area contributed by atoms with Crippen molar-refractivity contribution in [1.29, 1.82) is 0 Å². The van der Waals surface area contributed by atoms with Gasteiger partial charge in [-0.2, -0.15) is 13.2 Å². The smallest absolute Gasteiger partial charge is 0.416 e. The highest BCUT2D eigenvalue weighted by Crippen LogP contribution is 2.29. The molecule has 2 atom stereocenters. The van der Waals surface area contributed by atoms with Gasteiger partial charge in [0.25, 0.3) is 5.91 Å². The van der Waals surface area contributed by atoms with Gasteiger partial charge in [-0.1, -0.05) is 18.2 Å². The number of rotatable bonds is 7. The average molecular weight is 345 g/mol. The van der Waals surface area contributed by atoms with Crippen LogP contribution in [0.2, 0.25) is 0 Å². The fourth-order valence-electron chi connectivity index (χ4n) is 1.93. The number of methoxy groups -OCH3 is 1. The number of alkyl halides is 3. The standard InChI is InChI=1S/C16H18F3NO4/c1-3-4-5-12(15(23)24-2)20-14(22)13(21)10-6-8-11(9-7-10)16(17,18)19/h3,6-9,12-13,21H,1,4-5H2,2H3,(H,20,22)/t12-,13+/m1/s1. The summed E-state index contributed by atoms with van der Waals surface area (Å²) in [6, 6.07) is 2.56. The normalized spacial score (nSPS) is 13.7. The number of hydrogen-bond acceptors (Lipinski definition) is 4. The summed E-state index contributed by atoms with van der Waals surface area (Å²) in [4.78, 5) is 23.6. The Morgan fingerprint density at radius 1 is 1.33 bits per heavy atom. The molecule has 0 unspecified atom stereocenters. The van der Waals surface area contributed by atoms with Crippen molar-refractivity contribution in [2.75, 3.05) is 7.11 Å². The van der Waals surface area contributed by atoms with Crippen molar-refractivity contribution >= 4 is 11.9 Å². The van der Waals surface area contributed by atoms with Gasteiger partial charge in [-0.05, 0) is 30.5 Å². The summed E-state index contributed by atoms with van der Waals surface area (Å²) in [5.74, 6) is -1.60. The number of ether oxygens (including phenoxy) is 1. The van der Waals surface area contributed by atoms with Crippen LogP contribution in [0, 0.1) is 0 Å². The first-order valence-electron chi connectivity index (χ1n) is 7.05. The molecule has 1 aromatic rings. The summed E-state index contributed by atoms with van der Waals surface area (Å²) >= 11 is 0. The lowest BCUT2D eigenvalue weighted by Crippen LogP contribution is -2.43. The molecule has 24 heavy (non-hydrogen) atoms. The van der Waals surface area contributed by atoms with E-state index in [4.69, 9.17) is 0 Å². The second-order valence-electron chi connectivity index (χ2n) is 4.97. The number of amides is 1. The van der Waals surface area contributed by atoms with Crippen LogP contribution < -0.4 is 5.32 Å². The predicted molar refractivity (Wildman–Crippen MR) is 79.8 cm³/mol. The molecule has 0 fully saturated rings. The van der Waals surface area contributed by atoms with Gasteiger partial charge in [0.1, 0.15) is 6.04 Å². The topological polar surface area (TPSA) is 75.6 Å². The summed E-state index contributed by atoms with van der Waals surface area (Å²) < 4.78 is 42.0. The predicted octanol–water partition coefficient (Wildman–Crippen LogP) is 2.36. The minimum absolute atomic E-state index is 0.0205. The highest BCUT2D eigenvalue weighted by Gasteiger charge is 2.31. The first-order valence-corrected chi connectivity index (χ1v) is 7.05. The van der Waals surface area contributed by atoms with Crippen molar-refractivity contribution in [3.05, 3.63) is 48.0 Å². The van der Waals surface area contributed by atoms with E-state index in [0.29, 0.717) is 6.42 Å². The van der Waals surface area contributed by atoms with E-state index in [1.807, 2.05) is 0 Å². The molecule has 8 heteroatoms. The number of nitrogens with one attached hydrogen (secondary N) is 1. The number of allylic oxidation sites excluding steroid dienone is 1. The monoisotopic (exact) mass is 345 g/mol. The molecule has 1 rings (SSSR count). The second-order valence-corrected chi connectivity index (χ2v) is 4.97. The van der Waals surface area contributed by atoms with Gasteiger partial charge in [0.15, 0.2) is 6.10 Å². The highest BCUT2D eigenvalue weighted by atomic mass is 19.4. The molecule has 2 N–H and O–H groups in total. The molecule has 0 saturated heterocycles. The van der Waals surface area contributed by atoms with Gasteiger partial charge in [0, 0.05) is 0 Å². The number of esters is 1. The van der Waals surface area contributed by atoms with Crippen LogP contribution in [0.25, 0.3) is 0 Å². The Morgan fingerprint density at radius 2 is 1.92 bits per heavy atom. The summed E-state index contributed by atoms with van der Waals surface area (Å²) in [7, 11) is 1.15. The Kier molecular flexibility index (Phi) is 6.97. The molecule has 0 aromatic heterocycles. The molecule has 1 amide bonds. The van der Waals surface area contributed by atoms with Crippen molar-refractivity contribution in [1.82, 2.24) is 5.32 Å². The molecular weight excluding hydrogens is 327 g/mol. The van der Waals surface area contributed by atoms with E-state index in [1.165, 1.54) is 0 Å². The molecule has 1 aromatic carbocycles. The fourth-order valence-corrected chi connectivity index (χ4v) is 1.93. The van der Waals surface area contributed by atoms with Crippen LogP contribution in [0.3, 0.4) is 0 Å². The van der Waals surface area contributed by atoms with Crippen LogP contribution in [0.1, 0.15) is 30.1 Å². The van der Waals surface area contributed by atoms with Crippen molar-refractivity contribution < 1.29 is 32.6 Å². The second kappa shape index (κ2) is 8.49. The maximum Gasteiger partial charge on any atom is 0.416 e. The van der Waals surface area contributed by atoms with Gasteiger partial charge < -0.3 is 15.2 Å². The molecule has 132 valence electrons. The van der Waals surface area contributed by atoms with Crippen LogP contribution in [-0.2, 0) is 20.5 Å². The average Bonchev–Trinajstić information content (AvgIpc) is 2.56. The summed E-state index contributed by atoms with van der Waals surface area (Å²) in [5.41, 5.74) is -0.912. The zero-order valence-corrected chi connectivity index (χ0v) is 13.0. The van der Waals surface area contributed by atoms with Crippen LogP contribution in [0.4, 0.5) is 13.2 Å². The van der Waals surface area contributed by atoms with E-state index in [2.05, 4.69) is 16.6 Å². The quantitative estimate of drug-likeness (QED) is 0.588. The van der Waals surface area contributed by atoms with E-state index >= 15 is 0 Å². The highest BCUT2D eigenvalue weighted by molar-refractivity contribution is 5.87. The van der Waals surface area contributed by atoms with Crippen LogP contribution in [0.15, 0.2) is 36.9 Å². The molecule has 0 aliphatic rings. The molecule has 0 saturated carbocycles. The number of aliphatic hydroxyl groups is 1. The lowest BCUT2D eigenvalue weighted by Gasteiger charge is -2.18. The third kappa shape index (κ3) is 5.38. The fraction of sp³-hybridized carbons (Fsp3) is 0.375. The van der Waals surface area contributed by atoms with E-state index in [1.54, 1.807) is 6.08 Å². The van der Waals surface area contributed by atoms with Crippen LogP contribution >= 0.6 is 0 Å². The minimum atomic E-state index is -4.51. The Balaban J connectivity index is 2.81. The molecule has 0 radical (unpaired) electrons. The van der Waals surface area contributed by atoms with Crippen molar-refractivity contribution in [3.63, 3.8) is 0 Å². The van der Waals surface area contributed by atoms with Crippen molar-refractivity contribution in [2.45, 2.75) is 31.2 Å². The number of carbonyl (C=O) groups excluding carboxylic acids is 2. The molecule has 5 nitrogen and oxygen atoms in total. The van der Waals surface area contributed by atoms with Crippen LogP contribution in [-0.4, -0.2) is 30.1 Å². The van der Waals surface area contributed by atoms with E-state index in [9.17, 15) is 27.9 Å². The van der Waals surface area contributed by atoms with Gasteiger partial charge in [0.05, 0.1) is 12.7 Å². The Labute approximate surface area is 137 Å². The zero-order valence-electron chi connectivity index (χ0n) is 13.0. The summed E-state index contributed by atoms with van der Waals surface area (Å²) in [5, 5.41) is 12.3. The van der Waals surface area contributed by atoms with Gasteiger partial charge in [-0.3, -0.25) is 4.79 Å². The third-order valence-corrected chi connectivity index (χ3v) is 3.26. The van der Waals surface area contributed by atoms with E-state index in [-0.39, 0.29) is 12.0 Å². The third-order valence-electron chi connectivity index (χ3n) is 3.26. The molecule has 0 spiro atoms. The summed E-state index contributed by atoms with van der Waals surface area (Å²) in [6.45, 7) is 3.50. The lowest BCUT2D eigenvalue weighted by atomic mass is 10.1. The Morgan fingerprint density at radius 3 is 2.38 bits per heavy atom. The van der Waals surface area contributed by atoms with Crippen molar-refractivity contribution in [3.8, 4) is 0 Å². The van der Waals surface area contributed by atoms with Gasteiger partial charge in [0.2, 0.25) is 0 Å². The van der Waals surface area contributed by atoms with Crippen LogP contribution in [0.5, 0.6) is 0 Å². The number of aliphatic hydroxyl groups excluding tert-OH is 1. The van der Waals surface area contributed by atoms with Gasteiger partial charge in [-0.25, -0.2) is 4.79 Å². The summed E-state index contributed by atoms with van der Waals surface area (Å²) in [6.07, 6.45) is -4.01. The maximum atomic E-state index is 12.5. The number of halogens is 3. The SMILES string of the molecule is C=CCC[C@@H](NC(=O)[C@@H](O)c1ccc(C(F)(F)F)cc1)C(=O)OC. The number of carbonyl (C=O) groups is 2. The van der Waals surface area contributed by atoms with Gasteiger partial charge >= 0.3 is 12.1 Å². The molecule has 0 heterocycles. The number of hydrogen-bond donors (Lipinski definition) is 2. The first-order chi connectivity index (χ1) is 11.2. The van der Waals surface area contributed by atoms with Gasteiger partial charge in [-0.15, -0.1) is 6.58 Å². The minimum Gasteiger partial charge on any atom is -0.467 e. The Bertz CT molecular complexity index is 584. The number of benzene rings is 1. The van der Waals surface area contributed by atoms with E-state index in [0.717, 1.165) is 31.4 Å². The molecule has 0 aliphatic heterocycles. The Hall–Kier alpha value is -2.35. The zero-order chi connectivity index (χ0) is 18.3. The maximum absolute atomic E-state index is 12.5. The van der Waals surface area contributed by atoms with Crippen molar-refractivity contribution in [2.24, 2.45) is 0 Å². The molecule has 0 bridgehead atoms.